The van der Waals surface area contributed by atoms with Crippen LogP contribution in [0.25, 0.3) is 0 Å². The topological polar surface area (TPSA) is 65.9 Å². The molecule has 2 aliphatic carbocycles. The van der Waals surface area contributed by atoms with Gasteiger partial charge in [0.05, 0.1) is 19.8 Å². The maximum Gasteiger partial charge on any atom is 0.191 e. The van der Waals surface area contributed by atoms with Gasteiger partial charge in [0.1, 0.15) is 5.75 Å². The Kier molecular flexibility index (Phi) is 9.34. The second-order valence-electron chi connectivity index (χ2n) is 8.06. The number of aliphatic imine (C=N–C) groups is 1. The Morgan fingerprint density at radius 3 is 2.57 bits per heavy atom. The number of ether oxygens (including phenoxy) is 1. The first-order valence-electron chi connectivity index (χ1n) is 10.5. The van der Waals surface area contributed by atoms with Gasteiger partial charge in [-0.1, -0.05) is 25.0 Å². The molecule has 0 bridgehead atoms. The molecule has 0 aliphatic heterocycles. The van der Waals surface area contributed by atoms with E-state index >= 15 is 0 Å². The van der Waals surface area contributed by atoms with Crippen molar-refractivity contribution in [2.24, 2.45) is 4.99 Å². The highest BCUT2D eigenvalue weighted by Gasteiger charge is 2.36. The lowest BCUT2D eigenvalue weighted by atomic mass is 9.79. The van der Waals surface area contributed by atoms with Gasteiger partial charge in [-0.2, -0.15) is 0 Å². The first-order chi connectivity index (χ1) is 13.1. The average Bonchev–Trinajstić information content (AvgIpc) is 3.18. The monoisotopic (exact) mass is 501 g/mol. The summed E-state index contributed by atoms with van der Waals surface area (Å²) < 4.78 is 5.45. The molecule has 0 spiro atoms. The van der Waals surface area contributed by atoms with E-state index < -0.39 is 0 Å². The van der Waals surface area contributed by atoms with Gasteiger partial charge in [0, 0.05) is 18.0 Å². The third-order valence-corrected chi connectivity index (χ3v) is 6.16. The fraction of sp³-hybridized carbons (Fsp3) is 0.682. The molecule has 28 heavy (non-hydrogen) atoms. The number of aliphatic hydroxyl groups is 1. The highest BCUT2D eigenvalue weighted by atomic mass is 127. The summed E-state index contributed by atoms with van der Waals surface area (Å²) in [5, 5.41) is 16.7. The lowest BCUT2D eigenvalue weighted by Crippen LogP contribution is -2.46. The van der Waals surface area contributed by atoms with Crippen molar-refractivity contribution < 1.29 is 9.84 Å². The maximum atomic E-state index is 9.73. The molecule has 0 radical (unpaired) electrons. The minimum atomic E-state index is -0.127. The molecule has 1 aromatic carbocycles. The van der Waals surface area contributed by atoms with Crippen LogP contribution in [-0.2, 0) is 5.41 Å². The van der Waals surface area contributed by atoms with Gasteiger partial charge >= 0.3 is 0 Å². The molecule has 2 saturated carbocycles. The molecular formula is C22H36IN3O2. The van der Waals surface area contributed by atoms with Crippen LogP contribution in [0.15, 0.2) is 29.3 Å². The molecule has 2 aliphatic rings. The second kappa shape index (κ2) is 11.2. The minimum Gasteiger partial charge on any atom is -0.497 e. The van der Waals surface area contributed by atoms with E-state index in [1.165, 1.54) is 31.2 Å². The number of benzene rings is 1. The van der Waals surface area contributed by atoms with E-state index in [1.807, 2.05) is 6.07 Å². The third-order valence-electron chi connectivity index (χ3n) is 6.16. The van der Waals surface area contributed by atoms with Crippen molar-refractivity contribution in [3.63, 3.8) is 0 Å². The normalized spacial score (nSPS) is 24.3. The molecule has 0 unspecified atom stereocenters. The van der Waals surface area contributed by atoms with Crippen LogP contribution in [-0.4, -0.2) is 43.4 Å². The molecule has 3 rings (SSSR count). The number of nitrogens with zero attached hydrogens (tertiary/aromatic N) is 1. The lowest BCUT2D eigenvalue weighted by Gasteiger charge is -2.30. The predicted molar refractivity (Wildman–Crippen MR) is 126 cm³/mol. The number of hydrogen-bond donors (Lipinski definition) is 3. The predicted octanol–water partition coefficient (Wildman–Crippen LogP) is 3.98. The van der Waals surface area contributed by atoms with Gasteiger partial charge in [-0.25, -0.2) is 0 Å². The smallest absolute Gasteiger partial charge is 0.191 e. The molecule has 0 amide bonds. The van der Waals surface area contributed by atoms with Crippen LogP contribution in [0.5, 0.6) is 5.75 Å². The summed E-state index contributed by atoms with van der Waals surface area (Å²) >= 11 is 0. The van der Waals surface area contributed by atoms with E-state index in [2.05, 4.69) is 35.8 Å². The minimum absolute atomic E-state index is 0. The summed E-state index contributed by atoms with van der Waals surface area (Å²) in [6.45, 7) is 3.76. The molecule has 0 aromatic heterocycles. The van der Waals surface area contributed by atoms with Crippen LogP contribution in [0.3, 0.4) is 0 Å². The van der Waals surface area contributed by atoms with Crippen molar-refractivity contribution in [1.82, 2.24) is 10.6 Å². The zero-order chi connectivity index (χ0) is 19.1. The SMILES string of the molecule is CCNC(=NCC1(c2cccc(OC)c2)CCCC1)NC1CCC(O)CC1.I. The molecule has 0 saturated heterocycles. The van der Waals surface area contributed by atoms with Gasteiger partial charge < -0.3 is 20.5 Å². The molecule has 158 valence electrons. The van der Waals surface area contributed by atoms with E-state index in [0.29, 0.717) is 6.04 Å². The van der Waals surface area contributed by atoms with Crippen LogP contribution < -0.4 is 15.4 Å². The van der Waals surface area contributed by atoms with Crippen molar-refractivity contribution in [3.8, 4) is 5.75 Å². The van der Waals surface area contributed by atoms with E-state index in [4.69, 9.17) is 9.73 Å². The Balaban J connectivity index is 0.00000280. The van der Waals surface area contributed by atoms with Crippen LogP contribution in [0.2, 0.25) is 0 Å². The Morgan fingerprint density at radius 2 is 1.93 bits per heavy atom. The van der Waals surface area contributed by atoms with Gasteiger partial charge in [0.25, 0.3) is 0 Å². The van der Waals surface area contributed by atoms with E-state index in [1.54, 1.807) is 7.11 Å². The first-order valence-corrected chi connectivity index (χ1v) is 10.5. The summed E-state index contributed by atoms with van der Waals surface area (Å²) in [5.41, 5.74) is 1.46. The number of guanidine groups is 1. The van der Waals surface area contributed by atoms with Crippen molar-refractivity contribution in [3.05, 3.63) is 29.8 Å². The molecule has 2 fully saturated rings. The summed E-state index contributed by atoms with van der Waals surface area (Å²) in [5.74, 6) is 1.83. The van der Waals surface area contributed by atoms with Gasteiger partial charge in [-0.15, -0.1) is 24.0 Å². The van der Waals surface area contributed by atoms with Gasteiger partial charge in [0.15, 0.2) is 5.96 Å². The quantitative estimate of drug-likeness (QED) is 0.314. The fourth-order valence-electron chi connectivity index (χ4n) is 4.51. The number of hydrogen-bond acceptors (Lipinski definition) is 3. The average molecular weight is 501 g/mol. The summed E-state index contributed by atoms with van der Waals surface area (Å²) in [6, 6.07) is 8.92. The Labute approximate surface area is 186 Å². The summed E-state index contributed by atoms with van der Waals surface area (Å²) in [4.78, 5) is 5.00. The Bertz CT molecular complexity index is 624. The zero-order valence-corrected chi connectivity index (χ0v) is 19.6. The molecule has 5 nitrogen and oxygen atoms in total. The van der Waals surface area contributed by atoms with Crippen LogP contribution in [0.4, 0.5) is 0 Å². The Hall–Kier alpha value is -1.02. The number of nitrogens with one attached hydrogen (secondary N) is 2. The largest absolute Gasteiger partial charge is 0.497 e. The van der Waals surface area contributed by atoms with E-state index in [9.17, 15) is 5.11 Å². The van der Waals surface area contributed by atoms with Crippen molar-refractivity contribution in [1.29, 1.82) is 0 Å². The molecule has 0 atom stereocenters. The van der Waals surface area contributed by atoms with Crippen LogP contribution in [0, 0.1) is 0 Å². The highest BCUT2D eigenvalue weighted by Crippen LogP contribution is 2.42. The summed E-state index contributed by atoms with van der Waals surface area (Å²) in [6.07, 6.45) is 8.53. The number of rotatable bonds is 6. The molecule has 1 aromatic rings. The van der Waals surface area contributed by atoms with Crippen molar-refractivity contribution in [2.75, 3.05) is 20.2 Å². The maximum absolute atomic E-state index is 9.73. The third kappa shape index (κ3) is 5.99. The van der Waals surface area contributed by atoms with Crippen LogP contribution in [0.1, 0.15) is 63.9 Å². The Morgan fingerprint density at radius 1 is 1.21 bits per heavy atom. The van der Waals surface area contributed by atoms with Gasteiger partial charge in [-0.3, -0.25) is 4.99 Å². The first kappa shape index (κ1) is 23.3. The lowest BCUT2D eigenvalue weighted by molar-refractivity contribution is 0.120. The second-order valence-corrected chi connectivity index (χ2v) is 8.06. The van der Waals surface area contributed by atoms with Gasteiger partial charge in [-0.05, 0) is 63.1 Å². The highest BCUT2D eigenvalue weighted by molar-refractivity contribution is 14.0. The summed E-state index contributed by atoms with van der Waals surface area (Å²) in [7, 11) is 1.73. The molecule has 3 N–H and O–H groups in total. The van der Waals surface area contributed by atoms with Crippen molar-refractivity contribution in [2.45, 2.75) is 75.9 Å². The number of halogens is 1. The molecular weight excluding hydrogens is 465 g/mol. The zero-order valence-electron chi connectivity index (χ0n) is 17.2. The fourth-order valence-corrected chi connectivity index (χ4v) is 4.51. The number of methoxy groups -OCH3 is 1. The van der Waals surface area contributed by atoms with Crippen LogP contribution >= 0.6 is 24.0 Å². The van der Waals surface area contributed by atoms with E-state index in [0.717, 1.165) is 50.5 Å². The van der Waals surface area contributed by atoms with Crippen molar-refractivity contribution >= 4 is 29.9 Å². The molecule has 0 heterocycles. The van der Waals surface area contributed by atoms with E-state index in [-0.39, 0.29) is 35.5 Å². The number of aliphatic hydroxyl groups excluding tert-OH is 1. The standard InChI is InChI=1S/C22H35N3O2.HI/c1-3-23-21(25-18-9-11-19(26)12-10-18)24-16-22(13-4-5-14-22)17-7-6-8-20(15-17)27-2;/h6-8,15,18-19,26H,3-5,9-14,16H2,1-2H3,(H2,23,24,25);1H. The molecule has 6 heteroatoms. The van der Waals surface area contributed by atoms with Gasteiger partial charge in [0.2, 0.25) is 0 Å².